The molecule has 0 radical (unpaired) electrons. The number of nitrogens with zero attached hydrogens (tertiary/aromatic N) is 1. The van der Waals surface area contributed by atoms with Crippen LogP contribution in [0.25, 0.3) is 0 Å². The van der Waals surface area contributed by atoms with Crippen molar-refractivity contribution in [2.24, 2.45) is 0 Å². The average molecular weight is 422 g/mol. The number of esters is 1. The van der Waals surface area contributed by atoms with Crippen molar-refractivity contribution in [3.05, 3.63) is 29.8 Å². The molecule has 0 saturated carbocycles. The van der Waals surface area contributed by atoms with E-state index in [0.717, 1.165) is 12.8 Å². The Hall–Kier alpha value is -2.68. The first-order valence-corrected chi connectivity index (χ1v) is 10.1. The molecule has 1 atom stereocenters. The van der Waals surface area contributed by atoms with E-state index < -0.39 is 17.9 Å². The normalized spacial score (nSPS) is 16.0. The number of benzene rings is 1. The fourth-order valence-electron chi connectivity index (χ4n) is 2.82. The van der Waals surface area contributed by atoms with E-state index in [1.165, 1.54) is 0 Å². The molecule has 29 heavy (non-hydrogen) atoms. The number of unbranched alkanes of at least 4 members (excludes halogenated alkanes) is 1. The van der Waals surface area contributed by atoms with E-state index in [1.54, 1.807) is 29.2 Å². The fourth-order valence-corrected chi connectivity index (χ4v) is 3.13. The van der Waals surface area contributed by atoms with Gasteiger partial charge in [-0.3, -0.25) is 19.7 Å². The van der Waals surface area contributed by atoms with Gasteiger partial charge in [0.25, 0.3) is 5.91 Å². The molecule has 0 bridgehead atoms. The number of ether oxygens (including phenoxy) is 2. The van der Waals surface area contributed by atoms with Gasteiger partial charge in [0.15, 0.2) is 5.11 Å². The number of carbonyl (C=O) groups excluding carboxylic acids is 3. The van der Waals surface area contributed by atoms with Crippen molar-refractivity contribution in [3.63, 3.8) is 0 Å². The van der Waals surface area contributed by atoms with Crippen LogP contribution in [0, 0.1) is 0 Å². The van der Waals surface area contributed by atoms with Crippen LogP contribution in [0.4, 0.5) is 0 Å². The lowest BCUT2D eigenvalue weighted by atomic mass is 10.1. The number of hydrogen-bond acceptors (Lipinski definition) is 6. The summed E-state index contributed by atoms with van der Waals surface area (Å²) in [6.07, 6.45) is 1.54. The number of rotatable bonds is 8. The molecular weight excluding hydrogens is 394 g/mol. The molecular formula is C20H27N3O5S. The van der Waals surface area contributed by atoms with Crippen molar-refractivity contribution in [2.75, 3.05) is 26.3 Å². The molecule has 2 amide bonds. The Morgan fingerprint density at radius 1 is 1.28 bits per heavy atom. The van der Waals surface area contributed by atoms with Gasteiger partial charge in [0.2, 0.25) is 5.91 Å². The first kappa shape index (κ1) is 22.6. The Labute approximate surface area is 175 Å². The molecule has 0 aliphatic carbocycles. The molecule has 9 heteroatoms. The number of hydrogen-bond donors (Lipinski definition) is 2. The van der Waals surface area contributed by atoms with E-state index in [1.807, 2.05) is 13.8 Å². The van der Waals surface area contributed by atoms with Crippen molar-refractivity contribution in [2.45, 2.75) is 39.2 Å². The first-order chi connectivity index (χ1) is 14.0. The van der Waals surface area contributed by atoms with E-state index in [-0.39, 0.29) is 17.4 Å². The van der Waals surface area contributed by atoms with Gasteiger partial charge in [-0.1, -0.05) is 13.3 Å². The van der Waals surface area contributed by atoms with Crippen molar-refractivity contribution >= 4 is 35.1 Å². The second-order valence-corrected chi connectivity index (χ2v) is 6.88. The van der Waals surface area contributed by atoms with E-state index in [4.69, 9.17) is 21.7 Å². The minimum absolute atomic E-state index is 0.102. The lowest BCUT2D eigenvalue weighted by Gasteiger charge is -2.36. The summed E-state index contributed by atoms with van der Waals surface area (Å²) < 4.78 is 10.5. The van der Waals surface area contributed by atoms with Crippen LogP contribution >= 0.6 is 12.2 Å². The fraction of sp³-hybridized carbons (Fsp3) is 0.500. The number of nitrogens with one attached hydrogen (secondary N) is 2. The maximum absolute atomic E-state index is 12.5. The predicted octanol–water partition coefficient (Wildman–Crippen LogP) is 1.63. The lowest BCUT2D eigenvalue weighted by molar-refractivity contribution is -0.147. The average Bonchev–Trinajstić information content (AvgIpc) is 2.70. The number of carbonyl (C=O) groups is 3. The molecule has 158 valence electrons. The smallest absolute Gasteiger partial charge is 0.308 e. The zero-order valence-corrected chi connectivity index (χ0v) is 17.5. The second-order valence-electron chi connectivity index (χ2n) is 6.50. The highest BCUT2D eigenvalue weighted by molar-refractivity contribution is 7.80. The molecule has 0 spiro atoms. The van der Waals surface area contributed by atoms with Gasteiger partial charge in [-0.25, -0.2) is 0 Å². The molecule has 1 aliphatic rings. The molecule has 1 aromatic rings. The van der Waals surface area contributed by atoms with Crippen LogP contribution in [0.15, 0.2) is 24.3 Å². The summed E-state index contributed by atoms with van der Waals surface area (Å²) in [5, 5.41) is 5.46. The van der Waals surface area contributed by atoms with E-state index in [2.05, 4.69) is 10.6 Å². The summed E-state index contributed by atoms with van der Waals surface area (Å²) >= 11 is 5.34. The molecule has 2 N–H and O–H groups in total. The second kappa shape index (κ2) is 11.4. The third kappa shape index (κ3) is 6.70. The standard InChI is InChI=1S/C20H27N3O5S/c1-3-5-12-28-17(24)13-16-19(26)21-10-11-23(16)20(29)22-18(25)14-6-8-15(9-7-14)27-4-2/h6-9,16H,3-5,10-13H2,1-2H3,(H,21,26)(H,22,25,29)/t16-/m0/s1. The molecule has 0 aromatic heterocycles. The molecule has 1 saturated heterocycles. The zero-order chi connectivity index (χ0) is 21.2. The number of piperazine rings is 1. The van der Waals surface area contributed by atoms with Crippen LogP contribution in [0.2, 0.25) is 0 Å². The van der Waals surface area contributed by atoms with Crippen LogP contribution in [-0.2, 0) is 14.3 Å². The Kier molecular flexibility index (Phi) is 8.85. The molecule has 2 rings (SSSR count). The Morgan fingerprint density at radius 2 is 2.00 bits per heavy atom. The summed E-state index contributed by atoms with van der Waals surface area (Å²) in [6, 6.07) is 5.85. The summed E-state index contributed by atoms with van der Waals surface area (Å²) in [4.78, 5) is 38.4. The van der Waals surface area contributed by atoms with Crippen LogP contribution in [-0.4, -0.2) is 60.1 Å². The van der Waals surface area contributed by atoms with Gasteiger partial charge in [0, 0.05) is 18.7 Å². The maximum Gasteiger partial charge on any atom is 0.308 e. The van der Waals surface area contributed by atoms with Gasteiger partial charge in [-0.15, -0.1) is 0 Å². The Bertz CT molecular complexity index is 738. The predicted molar refractivity (Wildman–Crippen MR) is 112 cm³/mol. The quantitative estimate of drug-likeness (QED) is 0.374. The summed E-state index contributed by atoms with van der Waals surface area (Å²) in [7, 11) is 0. The molecule has 8 nitrogen and oxygen atoms in total. The molecule has 0 unspecified atom stereocenters. The highest BCUT2D eigenvalue weighted by Crippen LogP contribution is 2.14. The third-order valence-corrected chi connectivity index (χ3v) is 4.70. The van der Waals surface area contributed by atoms with Crippen molar-refractivity contribution < 1.29 is 23.9 Å². The van der Waals surface area contributed by atoms with Gasteiger partial charge < -0.3 is 19.7 Å². The maximum atomic E-state index is 12.5. The molecule has 1 heterocycles. The Balaban J connectivity index is 1.99. The van der Waals surface area contributed by atoms with Gasteiger partial charge in [-0.2, -0.15) is 0 Å². The van der Waals surface area contributed by atoms with Crippen LogP contribution in [0.1, 0.15) is 43.5 Å². The largest absolute Gasteiger partial charge is 0.494 e. The topological polar surface area (TPSA) is 97.0 Å². The zero-order valence-electron chi connectivity index (χ0n) is 16.7. The van der Waals surface area contributed by atoms with Crippen molar-refractivity contribution in [3.8, 4) is 5.75 Å². The molecule has 1 aliphatic heterocycles. The van der Waals surface area contributed by atoms with Crippen molar-refractivity contribution in [1.82, 2.24) is 15.5 Å². The van der Waals surface area contributed by atoms with E-state index >= 15 is 0 Å². The van der Waals surface area contributed by atoms with Crippen LogP contribution in [0.3, 0.4) is 0 Å². The SMILES string of the molecule is CCCCOC(=O)C[C@H]1C(=O)NCCN1C(=S)NC(=O)c1ccc(OCC)cc1. The third-order valence-electron chi connectivity index (χ3n) is 4.36. The molecule has 1 fully saturated rings. The van der Waals surface area contributed by atoms with Crippen molar-refractivity contribution in [1.29, 1.82) is 0 Å². The lowest BCUT2D eigenvalue weighted by Crippen LogP contribution is -2.60. The monoisotopic (exact) mass is 421 g/mol. The highest BCUT2D eigenvalue weighted by atomic mass is 32.1. The van der Waals surface area contributed by atoms with Gasteiger partial charge >= 0.3 is 5.97 Å². The van der Waals surface area contributed by atoms with E-state index in [9.17, 15) is 14.4 Å². The van der Waals surface area contributed by atoms with Gasteiger partial charge in [0.1, 0.15) is 11.8 Å². The molecule has 1 aromatic carbocycles. The summed E-state index contributed by atoms with van der Waals surface area (Å²) in [6.45, 7) is 5.50. The summed E-state index contributed by atoms with van der Waals surface area (Å²) in [5.74, 6) is -0.512. The number of thiocarbonyl (C=S) groups is 1. The van der Waals surface area contributed by atoms with E-state index in [0.29, 0.717) is 37.6 Å². The number of amides is 2. The summed E-state index contributed by atoms with van der Waals surface area (Å²) in [5.41, 5.74) is 0.410. The van der Waals surface area contributed by atoms with Crippen LogP contribution < -0.4 is 15.4 Å². The van der Waals surface area contributed by atoms with Gasteiger partial charge in [0.05, 0.1) is 19.6 Å². The van der Waals surface area contributed by atoms with Crippen LogP contribution in [0.5, 0.6) is 5.75 Å². The minimum atomic E-state index is -0.814. The Morgan fingerprint density at radius 3 is 2.66 bits per heavy atom. The first-order valence-electron chi connectivity index (χ1n) is 9.74. The minimum Gasteiger partial charge on any atom is -0.494 e. The highest BCUT2D eigenvalue weighted by Gasteiger charge is 2.34. The van der Waals surface area contributed by atoms with Gasteiger partial charge in [-0.05, 0) is 49.8 Å².